The van der Waals surface area contributed by atoms with Crippen molar-refractivity contribution in [2.24, 2.45) is 0 Å². The number of amides is 2. The minimum absolute atomic E-state index is 0.0393. The van der Waals surface area contributed by atoms with Gasteiger partial charge in [0, 0.05) is 19.1 Å². The van der Waals surface area contributed by atoms with E-state index in [4.69, 9.17) is 0 Å². The maximum Gasteiger partial charge on any atom is 0.318 e. The number of carbonyl (C=O) groups excluding carboxylic acids is 1. The van der Waals surface area contributed by atoms with E-state index in [9.17, 15) is 4.79 Å². The average molecular weight is 294 g/mol. The first-order chi connectivity index (χ1) is 10.8. The van der Waals surface area contributed by atoms with E-state index < -0.39 is 0 Å². The number of nitrogens with zero attached hydrogens (tertiary/aromatic N) is 1. The number of urea groups is 1. The van der Waals surface area contributed by atoms with Crippen LogP contribution in [0.2, 0.25) is 0 Å². The highest BCUT2D eigenvalue weighted by Crippen LogP contribution is 2.19. The van der Waals surface area contributed by atoms with Crippen molar-refractivity contribution in [2.45, 2.75) is 38.4 Å². The number of nitrogens with one attached hydrogen (secondary N) is 1. The van der Waals surface area contributed by atoms with Gasteiger partial charge in [0.05, 0.1) is 0 Å². The third kappa shape index (κ3) is 3.88. The summed E-state index contributed by atoms with van der Waals surface area (Å²) in [6.45, 7) is 1.27. The molecule has 0 bridgehead atoms. The van der Waals surface area contributed by atoms with Crippen LogP contribution < -0.4 is 5.32 Å². The second-order valence-corrected chi connectivity index (χ2v) is 5.90. The van der Waals surface area contributed by atoms with E-state index >= 15 is 0 Å². The lowest BCUT2D eigenvalue weighted by molar-refractivity contribution is 0.181. The Balaban J connectivity index is 1.70. The molecule has 1 aliphatic rings. The Morgan fingerprint density at radius 3 is 1.82 bits per heavy atom. The van der Waals surface area contributed by atoms with E-state index in [0.717, 1.165) is 24.0 Å². The molecule has 1 aliphatic carbocycles. The Morgan fingerprint density at radius 2 is 1.41 bits per heavy atom. The van der Waals surface area contributed by atoms with Gasteiger partial charge in [-0.3, -0.25) is 0 Å². The van der Waals surface area contributed by atoms with Crippen molar-refractivity contribution in [1.82, 2.24) is 10.2 Å². The SMILES string of the molecule is O=C(NC1CCC1)N(Cc1ccccc1)Cc1ccccc1. The Hall–Kier alpha value is -2.29. The smallest absolute Gasteiger partial charge is 0.318 e. The minimum Gasteiger partial charge on any atom is -0.335 e. The molecule has 0 atom stereocenters. The van der Waals surface area contributed by atoms with Gasteiger partial charge in [-0.05, 0) is 30.4 Å². The molecule has 22 heavy (non-hydrogen) atoms. The molecule has 0 aromatic heterocycles. The number of carbonyl (C=O) groups is 1. The summed E-state index contributed by atoms with van der Waals surface area (Å²) in [5, 5.41) is 3.14. The van der Waals surface area contributed by atoms with Crippen molar-refractivity contribution in [1.29, 1.82) is 0 Å². The highest BCUT2D eigenvalue weighted by Gasteiger charge is 2.22. The first-order valence-electron chi connectivity index (χ1n) is 7.94. The summed E-state index contributed by atoms with van der Waals surface area (Å²) in [6.07, 6.45) is 3.44. The lowest BCUT2D eigenvalue weighted by Crippen LogP contribution is -2.46. The molecule has 114 valence electrons. The maximum absolute atomic E-state index is 12.6. The third-order valence-corrected chi connectivity index (χ3v) is 4.15. The van der Waals surface area contributed by atoms with E-state index in [2.05, 4.69) is 29.6 Å². The van der Waals surface area contributed by atoms with Crippen molar-refractivity contribution < 1.29 is 4.79 Å². The van der Waals surface area contributed by atoms with Crippen molar-refractivity contribution in [3.8, 4) is 0 Å². The number of hydrogen-bond acceptors (Lipinski definition) is 1. The number of rotatable bonds is 5. The maximum atomic E-state index is 12.6. The van der Waals surface area contributed by atoms with Gasteiger partial charge in [-0.15, -0.1) is 0 Å². The molecule has 2 aromatic carbocycles. The molecule has 3 heteroatoms. The Morgan fingerprint density at radius 1 is 0.909 bits per heavy atom. The normalized spacial score (nSPS) is 14.2. The summed E-state index contributed by atoms with van der Waals surface area (Å²) in [6, 6.07) is 20.7. The van der Waals surface area contributed by atoms with Crippen LogP contribution in [0, 0.1) is 0 Å². The molecule has 3 rings (SSSR count). The molecule has 0 spiro atoms. The van der Waals surface area contributed by atoms with Crippen LogP contribution in [0.1, 0.15) is 30.4 Å². The van der Waals surface area contributed by atoms with E-state index in [0.29, 0.717) is 19.1 Å². The van der Waals surface area contributed by atoms with Gasteiger partial charge in [-0.2, -0.15) is 0 Å². The number of benzene rings is 2. The Labute approximate surface area is 132 Å². The zero-order valence-electron chi connectivity index (χ0n) is 12.7. The van der Waals surface area contributed by atoms with Crippen LogP contribution in [-0.4, -0.2) is 17.0 Å². The fourth-order valence-electron chi connectivity index (χ4n) is 2.63. The Bertz CT molecular complexity index is 552. The van der Waals surface area contributed by atoms with Crippen LogP contribution in [0.4, 0.5) is 4.79 Å². The molecule has 0 radical (unpaired) electrons. The summed E-state index contributed by atoms with van der Waals surface area (Å²) in [5.74, 6) is 0. The van der Waals surface area contributed by atoms with Crippen molar-refractivity contribution in [3.63, 3.8) is 0 Å². The van der Waals surface area contributed by atoms with E-state index in [1.165, 1.54) is 6.42 Å². The van der Waals surface area contributed by atoms with Gasteiger partial charge in [0.25, 0.3) is 0 Å². The second-order valence-electron chi connectivity index (χ2n) is 5.90. The van der Waals surface area contributed by atoms with Crippen molar-refractivity contribution >= 4 is 6.03 Å². The van der Waals surface area contributed by atoms with Gasteiger partial charge < -0.3 is 10.2 Å². The lowest BCUT2D eigenvalue weighted by atomic mass is 9.93. The lowest BCUT2D eigenvalue weighted by Gasteiger charge is -2.31. The number of hydrogen-bond donors (Lipinski definition) is 1. The molecule has 0 saturated heterocycles. The molecule has 2 amide bonds. The van der Waals surface area contributed by atoms with Crippen LogP contribution >= 0.6 is 0 Å². The molecular formula is C19H22N2O. The van der Waals surface area contributed by atoms with Gasteiger partial charge >= 0.3 is 6.03 Å². The molecule has 0 unspecified atom stereocenters. The molecule has 1 fully saturated rings. The fourth-order valence-corrected chi connectivity index (χ4v) is 2.63. The topological polar surface area (TPSA) is 32.3 Å². The molecule has 0 aliphatic heterocycles. The predicted molar refractivity (Wildman–Crippen MR) is 88.3 cm³/mol. The molecule has 2 aromatic rings. The largest absolute Gasteiger partial charge is 0.335 e. The quantitative estimate of drug-likeness (QED) is 0.889. The van der Waals surface area contributed by atoms with Crippen LogP contribution in [-0.2, 0) is 13.1 Å². The monoisotopic (exact) mass is 294 g/mol. The minimum atomic E-state index is 0.0393. The van der Waals surface area contributed by atoms with Gasteiger partial charge in [-0.1, -0.05) is 60.7 Å². The first kappa shape index (κ1) is 14.6. The molecule has 1 N–H and O–H groups in total. The molecule has 1 saturated carbocycles. The average Bonchev–Trinajstić information content (AvgIpc) is 2.52. The van der Waals surface area contributed by atoms with Gasteiger partial charge in [0.1, 0.15) is 0 Å². The van der Waals surface area contributed by atoms with Crippen LogP contribution in [0.3, 0.4) is 0 Å². The summed E-state index contributed by atoms with van der Waals surface area (Å²) >= 11 is 0. The Kier molecular flexibility index (Phi) is 4.74. The van der Waals surface area contributed by atoms with Crippen LogP contribution in [0.15, 0.2) is 60.7 Å². The van der Waals surface area contributed by atoms with Crippen molar-refractivity contribution in [3.05, 3.63) is 71.8 Å². The van der Waals surface area contributed by atoms with Crippen LogP contribution in [0.5, 0.6) is 0 Å². The summed E-state index contributed by atoms with van der Waals surface area (Å²) in [7, 11) is 0. The summed E-state index contributed by atoms with van der Waals surface area (Å²) < 4.78 is 0. The second kappa shape index (κ2) is 7.12. The summed E-state index contributed by atoms with van der Waals surface area (Å²) in [4.78, 5) is 14.5. The van der Waals surface area contributed by atoms with E-state index in [-0.39, 0.29) is 6.03 Å². The van der Waals surface area contributed by atoms with Crippen LogP contribution in [0.25, 0.3) is 0 Å². The molecule has 3 nitrogen and oxygen atoms in total. The predicted octanol–water partition coefficient (Wildman–Crippen LogP) is 3.95. The summed E-state index contributed by atoms with van der Waals surface area (Å²) in [5.41, 5.74) is 2.31. The van der Waals surface area contributed by atoms with E-state index in [1.807, 2.05) is 41.3 Å². The van der Waals surface area contributed by atoms with Gasteiger partial charge in [-0.25, -0.2) is 4.79 Å². The zero-order chi connectivity index (χ0) is 15.2. The highest BCUT2D eigenvalue weighted by atomic mass is 16.2. The first-order valence-corrected chi connectivity index (χ1v) is 7.94. The molecule has 0 heterocycles. The molecular weight excluding hydrogens is 272 g/mol. The van der Waals surface area contributed by atoms with E-state index in [1.54, 1.807) is 0 Å². The highest BCUT2D eigenvalue weighted by molar-refractivity contribution is 5.74. The third-order valence-electron chi connectivity index (χ3n) is 4.15. The van der Waals surface area contributed by atoms with Gasteiger partial charge in [0.15, 0.2) is 0 Å². The standard InChI is InChI=1S/C19H22N2O/c22-19(20-18-12-7-13-18)21(14-16-8-3-1-4-9-16)15-17-10-5-2-6-11-17/h1-6,8-11,18H,7,12-15H2,(H,20,22). The zero-order valence-corrected chi connectivity index (χ0v) is 12.7. The van der Waals surface area contributed by atoms with Crippen molar-refractivity contribution in [2.75, 3.05) is 0 Å². The van der Waals surface area contributed by atoms with Gasteiger partial charge in [0.2, 0.25) is 0 Å². The fraction of sp³-hybridized carbons (Fsp3) is 0.316.